The first-order valence-electron chi connectivity index (χ1n) is 9.86. The van der Waals surface area contributed by atoms with Crippen LogP contribution in [0.5, 0.6) is 0 Å². The minimum absolute atomic E-state index is 0.0637. The molecule has 0 aromatic heterocycles. The van der Waals surface area contributed by atoms with E-state index in [4.69, 9.17) is 22.1 Å². The summed E-state index contributed by atoms with van der Waals surface area (Å²) in [7, 11) is 0. The summed E-state index contributed by atoms with van der Waals surface area (Å²) < 4.78 is 84.0. The first-order valence-corrected chi connectivity index (χ1v) is 10.3. The summed E-state index contributed by atoms with van der Waals surface area (Å²) in [6.07, 6.45) is -9.89. The minimum atomic E-state index is -4.95. The Balaban J connectivity index is 1.84. The SMILES string of the molecule is NC(C(Cl)OCc1cc(C(F)(F)F)cc(C(F)(F)F)c1)C(c1ccccc1)c1ccccc1. The zero-order chi connectivity index (χ0) is 24.2. The van der Waals surface area contributed by atoms with E-state index < -0.39 is 47.6 Å². The van der Waals surface area contributed by atoms with E-state index in [2.05, 4.69) is 0 Å². The molecule has 3 rings (SSSR count). The van der Waals surface area contributed by atoms with E-state index in [1.807, 2.05) is 60.7 Å². The van der Waals surface area contributed by atoms with Gasteiger partial charge in [-0.25, -0.2) is 0 Å². The lowest BCUT2D eigenvalue weighted by Gasteiger charge is -2.28. The van der Waals surface area contributed by atoms with E-state index in [9.17, 15) is 26.3 Å². The zero-order valence-corrected chi connectivity index (χ0v) is 17.8. The van der Waals surface area contributed by atoms with Crippen molar-refractivity contribution >= 4 is 11.6 Å². The van der Waals surface area contributed by atoms with Gasteiger partial charge in [0.2, 0.25) is 0 Å². The van der Waals surface area contributed by atoms with Crippen molar-refractivity contribution in [3.63, 3.8) is 0 Å². The molecule has 0 saturated heterocycles. The zero-order valence-electron chi connectivity index (χ0n) is 17.1. The summed E-state index contributed by atoms with van der Waals surface area (Å²) in [6.45, 7) is -0.578. The van der Waals surface area contributed by atoms with Gasteiger partial charge in [0.25, 0.3) is 0 Å². The van der Waals surface area contributed by atoms with Crippen molar-refractivity contribution in [3.05, 3.63) is 107 Å². The van der Waals surface area contributed by atoms with Crippen molar-refractivity contribution in [1.29, 1.82) is 0 Å². The number of rotatable bonds is 7. The molecule has 2 nitrogen and oxygen atoms in total. The van der Waals surface area contributed by atoms with Crippen molar-refractivity contribution < 1.29 is 31.1 Å². The molecule has 0 fully saturated rings. The maximum absolute atomic E-state index is 13.1. The highest BCUT2D eigenvalue weighted by atomic mass is 35.5. The third kappa shape index (κ3) is 6.50. The minimum Gasteiger partial charge on any atom is -0.356 e. The van der Waals surface area contributed by atoms with Gasteiger partial charge in [-0.15, -0.1) is 0 Å². The maximum Gasteiger partial charge on any atom is 0.416 e. The molecule has 33 heavy (non-hydrogen) atoms. The van der Waals surface area contributed by atoms with Gasteiger partial charge in [0, 0.05) is 5.92 Å². The lowest BCUT2D eigenvalue weighted by molar-refractivity contribution is -0.143. The Bertz CT molecular complexity index is 969. The molecule has 176 valence electrons. The van der Waals surface area contributed by atoms with Gasteiger partial charge in [0.15, 0.2) is 0 Å². The van der Waals surface area contributed by atoms with Crippen LogP contribution in [0.15, 0.2) is 78.9 Å². The predicted octanol–water partition coefficient (Wildman–Crippen LogP) is 6.97. The van der Waals surface area contributed by atoms with Gasteiger partial charge in [0.05, 0.1) is 23.8 Å². The topological polar surface area (TPSA) is 35.2 Å². The van der Waals surface area contributed by atoms with Crippen LogP contribution in [0.4, 0.5) is 26.3 Å². The Morgan fingerprint density at radius 2 is 1.15 bits per heavy atom. The number of alkyl halides is 7. The number of nitrogens with two attached hydrogens (primary N) is 1. The van der Waals surface area contributed by atoms with Crippen molar-refractivity contribution in [3.8, 4) is 0 Å². The van der Waals surface area contributed by atoms with E-state index in [0.29, 0.717) is 12.1 Å². The van der Waals surface area contributed by atoms with Crippen LogP contribution < -0.4 is 5.73 Å². The number of ether oxygens (including phenoxy) is 1. The van der Waals surface area contributed by atoms with Gasteiger partial charge >= 0.3 is 12.4 Å². The largest absolute Gasteiger partial charge is 0.416 e. The summed E-state index contributed by atoms with van der Waals surface area (Å²) in [5.41, 5.74) is 3.70. The Morgan fingerprint density at radius 3 is 1.55 bits per heavy atom. The highest BCUT2D eigenvalue weighted by molar-refractivity contribution is 6.20. The second-order valence-corrected chi connectivity index (χ2v) is 7.88. The van der Waals surface area contributed by atoms with E-state index in [0.717, 1.165) is 11.1 Å². The molecule has 0 amide bonds. The van der Waals surface area contributed by atoms with Crippen LogP contribution in [0.2, 0.25) is 0 Å². The van der Waals surface area contributed by atoms with E-state index in [1.54, 1.807) is 0 Å². The second kappa shape index (κ2) is 10.2. The quantitative estimate of drug-likeness (QED) is 0.289. The van der Waals surface area contributed by atoms with E-state index in [-0.39, 0.29) is 11.6 Å². The van der Waals surface area contributed by atoms with Crippen molar-refractivity contribution in [2.75, 3.05) is 0 Å². The van der Waals surface area contributed by atoms with Crippen molar-refractivity contribution in [2.24, 2.45) is 5.73 Å². The average molecular weight is 488 g/mol. The molecular weight excluding hydrogens is 468 g/mol. The number of hydrogen-bond donors (Lipinski definition) is 1. The number of hydrogen-bond acceptors (Lipinski definition) is 2. The van der Waals surface area contributed by atoms with Gasteiger partial charge in [-0.3, -0.25) is 0 Å². The normalized spacial score (nSPS) is 14.3. The highest BCUT2D eigenvalue weighted by Gasteiger charge is 2.37. The summed E-state index contributed by atoms with van der Waals surface area (Å²) in [4.78, 5) is 0. The van der Waals surface area contributed by atoms with Crippen molar-refractivity contribution in [1.82, 2.24) is 0 Å². The molecule has 2 N–H and O–H groups in total. The molecule has 0 spiro atoms. The molecule has 2 atom stereocenters. The van der Waals surface area contributed by atoms with Crippen LogP contribution in [-0.4, -0.2) is 11.6 Å². The van der Waals surface area contributed by atoms with Crippen LogP contribution in [0.3, 0.4) is 0 Å². The van der Waals surface area contributed by atoms with Gasteiger partial charge in [-0.1, -0.05) is 72.3 Å². The summed E-state index contributed by atoms with van der Waals surface area (Å²) in [6, 6.07) is 18.8. The Hall–Kier alpha value is -2.55. The van der Waals surface area contributed by atoms with E-state index >= 15 is 0 Å². The monoisotopic (exact) mass is 487 g/mol. The van der Waals surface area contributed by atoms with Crippen LogP contribution >= 0.6 is 11.6 Å². The van der Waals surface area contributed by atoms with Crippen LogP contribution in [0, 0.1) is 0 Å². The fraction of sp³-hybridized carbons (Fsp3) is 0.250. The molecule has 0 aliphatic carbocycles. The smallest absolute Gasteiger partial charge is 0.356 e. The van der Waals surface area contributed by atoms with E-state index in [1.165, 1.54) is 0 Å². The molecule has 0 radical (unpaired) electrons. The van der Waals surface area contributed by atoms with Crippen LogP contribution in [-0.2, 0) is 23.7 Å². The molecule has 3 aromatic rings. The average Bonchev–Trinajstić information content (AvgIpc) is 2.77. The standard InChI is InChI=1S/C24H20ClF6NO/c25-22(21(32)20(16-7-3-1-4-8-16)17-9-5-2-6-10-17)33-14-15-11-18(23(26,27)28)13-19(12-15)24(29,30)31/h1-13,20-22H,14,32H2. The Labute approximate surface area is 191 Å². The summed E-state index contributed by atoms with van der Waals surface area (Å²) >= 11 is 6.34. The first-order chi connectivity index (χ1) is 15.5. The highest BCUT2D eigenvalue weighted by Crippen LogP contribution is 2.37. The van der Waals surface area contributed by atoms with Crippen LogP contribution in [0.25, 0.3) is 0 Å². The van der Waals surface area contributed by atoms with Crippen LogP contribution in [0.1, 0.15) is 33.7 Å². The summed E-state index contributed by atoms with van der Waals surface area (Å²) in [5.74, 6) is -0.415. The lowest BCUT2D eigenvalue weighted by atomic mass is 9.85. The molecule has 0 aliphatic rings. The fourth-order valence-electron chi connectivity index (χ4n) is 3.50. The number of halogens is 7. The fourth-order valence-corrected chi connectivity index (χ4v) is 3.71. The molecular formula is C24H20ClF6NO. The van der Waals surface area contributed by atoms with Gasteiger partial charge in [0.1, 0.15) is 5.56 Å². The molecule has 0 saturated carbocycles. The maximum atomic E-state index is 13.1. The molecule has 0 heterocycles. The Morgan fingerprint density at radius 1 is 0.727 bits per heavy atom. The third-order valence-electron chi connectivity index (χ3n) is 5.06. The number of benzene rings is 3. The Kier molecular flexibility index (Phi) is 7.72. The second-order valence-electron chi connectivity index (χ2n) is 7.45. The first kappa shape index (κ1) is 25.1. The molecule has 0 aliphatic heterocycles. The summed E-state index contributed by atoms with van der Waals surface area (Å²) in [5, 5.41) is 0. The van der Waals surface area contributed by atoms with Gasteiger partial charge < -0.3 is 10.5 Å². The third-order valence-corrected chi connectivity index (χ3v) is 5.48. The van der Waals surface area contributed by atoms with Gasteiger partial charge in [-0.05, 0) is 34.9 Å². The molecule has 3 aromatic carbocycles. The van der Waals surface area contributed by atoms with Gasteiger partial charge in [-0.2, -0.15) is 26.3 Å². The van der Waals surface area contributed by atoms with Crippen molar-refractivity contribution in [2.45, 2.75) is 36.5 Å². The predicted molar refractivity (Wildman–Crippen MR) is 114 cm³/mol. The molecule has 2 unspecified atom stereocenters. The lowest BCUT2D eigenvalue weighted by Crippen LogP contribution is -2.39. The molecule has 9 heteroatoms. The molecule has 0 bridgehead atoms.